The Morgan fingerprint density at radius 2 is 1.71 bits per heavy atom. The van der Waals surface area contributed by atoms with E-state index < -0.39 is 23.6 Å². The van der Waals surface area contributed by atoms with Crippen molar-refractivity contribution >= 4 is 17.9 Å². The molecule has 174 valence electrons. The Morgan fingerprint density at radius 1 is 1.06 bits per heavy atom. The highest BCUT2D eigenvalue weighted by Crippen LogP contribution is 2.63. The second kappa shape index (κ2) is 8.95. The number of carbonyl (C=O) groups excluding carboxylic acids is 3. The van der Waals surface area contributed by atoms with E-state index in [0.29, 0.717) is 18.3 Å². The van der Waals surface area contributed by atoms with Crippen molar-refractivity contribution in [2.75, 3.05) is 7.11 Å². The van der Waals surface area contributed by atoms with Crippen molar-refractivity contribution < 1.29 is 28.6 Å². The highest BCUT2D eigenvalue weighted by molar-refractivity contribution is 5.77. The van der Waals surface area contributed by atoms with E-state index in [1.165, 1.54) is 26.5 Å². The fraction of sp³-hybridized carbons (Fsp3) is 0.800. The first-order chi connectivity index (χ1) is 14.5. The summed E-state index contributed by atoms with van der Waals surface area (Å²) in [7, 11) is 1.50. The summed E-state index contributed by atoms with van der Waals surface area (Å²) < 4.78 is 15.8. The summed E-state index contributed by atoms with van der Waals surface area (Å²) in [5.74, 6) is 0.0321. The van der Waals surface area contributed by atoms with Crippen LogP contribution in [0.15, 0.2) is 11.1 Å². The van der Waals surface area contributed by atoms with Crippen molar-refractivity contribution in [1.82, 2.24) is 0 Å². The van der Waals surface area contributed by atoms with Gasteiger partial charge in [-0.2, -0.15) is 0 Å². The number of hydrogen-bond donors (Lipinski definition) is 0. The van der Waals surface area contributed by atoms with E-state index in [1.807, 2.05) is 0 Å². The van der Waals surface area contributed by atoms with Crippen LogP contribution in [0.1, 0.15) is 86.0 Å². The maximum absolute atomic E-state index is 12.7. The first kappa shape index (κ1) is 23.8. The lowest BCUT2D eigenvalue weighted by Crippen LogP contribution is -2.51. The first-order valence-electron chi connectivity index (χ1n) is 11.7. The van der Waals surface area contributed by atoms with Gasteiger partial charge in [0, 0.05) is 20.3 Å². The molecule has 0 saturated heterocycles. The Balaban J connectivity index is 1.83. The van der Waals surface area contributed by atoms with Crippen LogP contribution in [0.3, 0.4) is 0 Å². The Morgan fingerprint density at radius 3 is 2.29 bits per heavy atom. The molecule has 0 aliphatic heterocycles. The van der Waals surface area contributed by atoms with E-state index >= 15 is 0 Å². The van der Waals surface area contributed by atoms with Gasteiger partial charge in [-0.25, -0.2) is 0 Å². The van der Waals surface area contributed by atoms with Gasteiger partial charge < -0.3 is 14.2 Å². The molecule has 0 spiro atoms. The monoisotopic (exact) mass is 434 g/mol. The van der Waals surface area contributed by atoms with Crippen molar-refractivity contribution in [1.29, 1.82) is 0 Å². The van der Waals surface area contributed by atoms with Crippen LogP contribution in [0.4, 0.5) is 0 Å². The average Bonchev–Trinajstić information content (AvgIpc) is 2.67. The van der Waals surface area contributed by atoms with E-state index in [9.17, 15) is 14.4 Å². The molecule has 0 heterocycles. The molecule has 0 bridgehead atoms. The van der Waals surface area contributed by atoms with Gasteiger partial charge in [-0.3, -0.25) is 14.4 Å². The molecule has 0 N–H and O–H groups in total. The molecule has 0 aromatic carbocycles. The zero-order chi connectivity index (χ0) is 23.0. The number of hydrogen-bond acceptors (Lipinski definition) is 6. The highest BCUT2D eigenvalue weighted by atomic mass is 16.7. The fourth-order valence-corrected chi connectivity index (χ4v) is 6.89. The maximum atomic E-state index is 12.7. The zero-order valence-electron chi connectivity index (χ0n) is 19.9. The average molecular weight is 435 g/mol. The molecule has 5 atom stereocenters. The van der Waals surface area contributed by atoms with Gasteiger partial charge in [-0.05, 0) is 68.6 Å². The van der Waals surface area contributed by atoms with Crippen molar-refractivity contribution in [2.24, 2.45) is 28.6 Å². The predicted octanol–water partition coefficient (Wildman–Crippen LogP) is 4.95. The predicted molar refractivity (Wildman–Crippen MR) is 116 cm³/mol. The normalized spacial score (nSPS) is 35.1. The lowest BCUT2D eigenvalue weighted by molar-refractivity contribution is -0.188. The Hall–Kier alpha value is -1.85. The molecule has 3 rings (SSSR count). The molecule has 1 saturated carbocycles. The molecular weight excluding hydrogens is 396 g/mol. The van der Waals surface area contributed by atoms with Crippen LogP contribution in [-0.2, 0) is 28.6 Å². The van der Waals surface area contributed by atoms with Crippen LogP contribution in [0.5, 0.6) is 0 Å². The van der Waals surface area contributed by atoms with Crippen molar-refractivity contribution in [3.05, 3.63) is 11.1 Å². The molecule has 3 aliphatic rings. The Labute approximate surface area is 186 Å². The molecule has 6 nitrogen and oxygen atoms in total. The largest absolute Gasteiger partial charge is 0.469 e. The van der Waals surface area contributed by atoms with Crippen LogP contribution < -0.4 is 0 Å². The molecule has 0 unspecified atom stereocenters. The topological polar surface area (TPSA) is 78.9 Å². The third kappa shape index (κ3) is 4.54. The number of methoxy groups -OCH3 is 1. The Bertz CT molecular complexity index is 754. The molecule has 6 heteroatoms. The third-order valence-corrected chi connectivity index (χ3v) is 8.36. The lowest BCUT2D eigenvalue weighted by atomic mass is 9.47. The molecule has 0 amide bonds. The summed E-state index contributed by atoms with van der Waals surface area (Å²) in [6.45, 7) is 9.38. The summed E-state index contributed by atoms with van der Waals surface area (Å²) in [4.78, 5) is 35.7. The molecular formula is C25H38O6. The van der Waals surface area contributed by atoms with Crippen molar-refractivity contribution in [2.45, 2.75) is 92.3 Å². The van der Waals surface area contributed by atoms with Crippen molar-refractivity contribution in [3.8, 4) is 0 Å². The number of carbonyl (C=O) groups is 3. The molecule has 0 aromatic heterocycles. The molecule has 0 radical (unpaired) electrons. The summed E-state index contributed by atoms with van der Waals surface area (Å²) in [5.41, 5.74) is 2.65. The summed E-state index contributed by atoms with van der Waals surface area (Å²) in [6.07, 6.45) is 6.66. The highest BCUT2D eigenvalue weighted by Gasteiger charge is 2.57. The van der Waals surface area contributed by atoms with Crippen molar-refractivity contribution in [3.63, 3.8) is 0 Å². The minimum absolute atomic E-state index is 0.0270. The van der Waals surface area contributed by atoms with Gasteiger partial charge in [0.2, 0.25) is 6.29 Å². The van der Waals surface area contributed by atoms with Gasteiger partial charge >= 0.3 is 17.9 Å². The van der Waals surface area contributed by atoms with Crippen LogP contribution in [0.2, 0.25) is 0 Å². The van der Waals surface area contributed by atoms with Gasteiger partial charge in [0.15, 0.2) is 0 Å². The van der Waals surface area contributed by atoms with Crippen LogP contribution in [-0.4, -0.2) is 31.3 Å². The van der Waals surface area contributed by atoms with E-state index in [1.54, 1.807) is 5.57 Å². The van der Waals surface area contributed by atoms with Gasteiger partial charge in [-0.1, -0.05) is 31.4 Å². The smallest absolute Gasteiger partial charge is 0.311 e. The minimum atomic E-state index is -0.825. The molecule has 31 heavy (non-hydrogen) atoms. The van der Waals surface area contributed by atoms with Gasteiger partial charge in [0.05, 0.1) is 12.5 Å². The Kier molecular flexibility index (Phi) is 6.87. The van der Waals surface area contributed by atoms with Gasteiger partial charge in [-0.15, -0.1) is 0 Å². The number of rotatable bonds is 5. The van der Waals surface area contributed by atoms with Crippen LogP contribution >= 0.6 is 0 Å². The fourth-order valence-electron chi connectivity index (χ4n) is 6.89. The molecule has 1 fully saturated rings. The van der Waals surface area contributed by atoms with Gasteiger partial charge in [0.25, 0.3) is 0 Å². The maximum Gasteiger partial charge on any atom is 0.311 e. The number of fused-ring (bicyclic) bond motifs is 2. The quantitative estimate of drug-likeness (QED) is 0.346. The van der Waals surface area contributed by atoms with E-state index in [2.05, 4.69) is 20.8 Å². The second-order valence-electron chi connectivity index (χ2n) is 10.4. The number of allylic oxidation sites excluding steroid dienone is 2. The van der Waals surface area contributed by atoms with E-state index in [-0.39, 0.29) is 17.3 Å². The number of ether oxygens (including phenoxy) is 3. The minimum Gasteiger partial charge on any atom is -0.469 e. The SMILES string of the molecule is COC(=O)[C@]1(C)CCC[C@@]2(C)C3=C(CC[C@H]12)C[C@@H](CC(OC(C)=O)OC(C)=O)[C@@H](C)C3. The van der Waals surface area contributed by atoms with Crippen LogP contribution in [0.25, 0.3) is 0 Å². The summed E-state index contributed by atoms with van der Waals surface area (Å²) >= 11 is 0. The standard InChI is InChI=1S/C25H38O6/c1-15-12-20-18(13-19(15)14-22(30-16(2)26)31-17(3)27)8-9-21-24(20,4)10-7-11-25(21,5)23(28)29-6/h15,19,21-22H,7-14H2,1-6H3/t15-,19-,21-,24-,25+/m0/s1. The summed E-state index contributed by atoms with van der Waals surface area (Å²) in [6, 6.07) is 0. The second-order valence-corrected chi connectivity index (χ2v) is 10.4. The van der Waals surface area contributed by atoms with Gasteiger partial charge in [0.1, 0.15) is 0 Å². The third-order valence-electron chi connectivity index (χ3n) is 8.36. The number of esters is 3. The van der Waals surface area contributed by atoms with E-state index in [4.69, 9.17) is 14.2 Å². The molecule has 0 aromatic rings. The van der Waals surface area contributed by atoms with E-state index in [0.717, 1.165) is 44.9 Å². The summed E-state index contributed by atoms with van der Waals surface area (Å²) in [5, 5.41) is 0. The van der Waals surface area contributed by atoms with Crippen LogP contribution in [0, 0.1) is 28.6 Å². The first-order valence-corrected chi connectivity index (χ1v) is 11.7. The molecule has 3 aliphatic carbocycles. The zero-order valence-corrected chi connectivity index (χ0v) is 19.9. The lowest BCUT2D eigenvalue weighted by Gasteiger charge is -2.56.